The van der Waals surface area contributed by atoms with E-state index in [-0.39, 0.29) is 10.3 Å². The van der Waals surface area contributed by atoms with Gasteiger partial charge in [-0.15, -0.1) is 11.3 Å². The number of nitrogens with one attached hydrogen (secondary N) is 1. The second-order valence-corrected chi connectivity index (χ2v) is 4.38. The first-order valence-corrected chi connectivity index (χ1v) is 5.36. The third-order valence-electron chi connectivity index (χ3n) is 2.22. The number of nitrogens with two attached hydrogens (primary N) is 1. The van der Waals surface area contributed by atoms with Crippen molar-refractivity contribution in [2.24, 2.45) is 5.84 Å². The third-order valence-corrected chi connectivity index (χ3v) is 3.32. The molecule has 17 heavy (non-hydrogen) atoms. The summed E-state index contributed by atoms with van der Waals surface area (Å²) >= 11 is 0.968. The molecule has 1 aromatic carbocycles. The second-order valence-electron chi connectivity index (χ2n) is 3.30. The zero-order valence-electron chi connectivity index (χ0n) is 8.34. The first-order valence-electron chi connectivity index (χ1n) is 4.54. The molecule has 0 unspecified atom stereocenters. The van der Waals surface area contributed by atoms with Gasteiger partial charge in [0.25, 0.3) is 5.91 Å². The highest BCUT2D eigenvalue weighted by Gasteiger charge is 2.33. The smallest absolute Gasteiger partial charge is 0.289 e. The number of fused-ring (bicyclic) bond motifs is 1. The normalized spacial score (nSPS) is 11.8. The molecule has 0 spiro atoms. The highest BCUT2D eigenvalue weighted by molar-refractivity contribution is 7.20. The Bertz CT molecular complexity index is 576. The molecule has 90 valence electrons. The van der Waals surface area contributed by atoms with Gasteiger partial charge in [-0.3, -0.25) is 10.2 Å². The molecule has 1 aromatic heterocycles. The lowest BCUT2D eigenvalue weighted by molar-refractivity contribution is -0.136. The van der Waals surface area contributed by atoms with Gasteiger partial charge in [-0.25, -0.2) is 5.84 Å². The maximum atomic E-state index is 12.7. The molecular formula is C10H7F3N2OS. The summed E-state index contributed by atoms with van der Waals surface area (Å²) in [6.07, 6.45) is -4.43. The van der Waals surface area contributed by atoms with Crippen molar-refractivity contribution in [3.05, 3.63) is 34.7 Å². The summed E-state index contributed by atoms with van der Waals surface area (Å²) in [4.78, 5) is 11.4. The molecule has 0 bridgehead atoms. The van der Waals surface area contributed by atoms with Crippen molar-refractivity contribution in [2.75, 3.05) is 0 Å². The number of hydrazine groups is 1. The van der Waals surface area contributed by atoms with Crippen molar-refractivity contribution in [3.8, 4) is 0 Å². The maximum Gasteiger partial charge on any atom is 0.417 e. The number of nitrogen functional groups attached to an aromatic ring is 1. The van der Waals surface area contributed by atoms with Gasteiger partial charge < -0.3 is 0 Å². The summed E-state index contributed by atoms with van der Waals surface area (Å²) in [5, 5.41) is 0.0172. The van der Waals surface area contributed by atoms with Crippen molar-refractivity contribution < 1.29 is 18.0 Å². The van der Waals surface area contributed by atoms with Gasteiger partial charge in [-0.2, -0.15) is 13.2 Å². The minimum atomic E-state index is -4.43. The van der Waals surface area contributed by atoms with Crippen LogP contribution in [0.25, 0.3) is 10.1 Å². The molecule has 2 rings (SSSR count). The molecule has 1 heterocycles. The molecule has 0 aliphatic heterocycles. The molecule has 3 N–H and O–H groups in total. The maximum absolute atomic E-state index is 12.7. The molecule has 7 heteroatoms. The van der Waals surface area contributed by atoms with Crippen LogP contribution in [0.1, 0.15) is 15.2 Å². The summed E-state index contributed by atoms with van der Waals surface area (Å²) in [5.74, 6) is 4.34. The van der Waals surface area contributed by atoms with Gasteiger partial charge in [0, 0.05) is 10.1 Å². The lowest BCUT2D eigenvalue weighted by Gasteiger charge is -2.06. The SMILES string of the molecule is NNC(=O)c1cc2c(C(F)(F)F)cccc2s1. The van der Waals surface area contributed by atoms with Crippen LogP contribution in [-0.4, -0.2) is 5.91 Å². The highest BCUT2D eigenvalue weighted by Crippen LogP contribution is 2.37. The second kappa shape index (κ2) is 4.01. The van der Waals surface area contributed by atoms with Crippen LogP contribution in [0.4, 0.5) is 13.2 Å². The quantitative estimate of drug-likeness (QED) is 0.470. The Morgan fingerprint density at radius 2 is 2.06 bits per heavy atom. The Hall–Kier alpha value is -1.60. The van der Waals surface area contributed by atoms with E-state index in [2.05, 4.69) is 0 Å². The Morgan fingerprint density at radius 1 is 1.35 bits per heavy atom. The Labute approximate surface area is 98.0 Å². The topological polar surface area (TPSA) is 55.1 Å². The molecule has 3 nitrogen and oxygen atoms in total. The molecule has 0 aliphatic rings. The number of carbonyl (C=O) groups is 1. The molecule has 0 fully saturated rings. The van der Waals surface area contributed by atoms with Crippen LogP contribution in [-0.2, 0) is 6.18 Å². The lowest BCUT2D eigenvalue weighted by Crippen LogP contribution is -2.29. The number of hydrogen-bond acceptors (Lipinski definition) is 3. The van der Waals surface area contributed by atoms with Crippen LogP contribution in [0, 0.1) is 0 Å². The van der Waals surface area contributed by atoms with E-state index in [9.17, 15) is 18.0 Å². The molecule has 0 atom stereocenters. The number of rotatable bonds is 1. The summed E-state index contributed by atoms with van der Waals surface area (Å²) in [6, 6.07) is 5.03. The molecule has 0 saturated heterocycles. The van der Waals surface area contributed by atoms with E-state index in [1.165, 1.54) is 18.2 Å². The van der Waals surface area contributed by atoms with Crippen LogP contribution >= 0.6 is 11.3 Å². The van der Waals surface area contributed by atoms with Crippen molar-refractivity contribution >= 4 is 27.3 Å². The first-order chi connectivity index (χ1) is 7.93. The number of amides is 1. The summed E-state index contributed by atoms with van der Waals surface area (Å²) < 4.78 is 38.5. The molecule has 0 aliphatic carbocycles. The average molecular weight is 260 g/mol. The van der Waals surface area contributed by atoms with E-state index in [0.29, 0.717) is 4.70 Å². The fraction of sp³-hybridized carbons (Fsp3) is 0.100. The number of halogens is 3. The third kappa shape index (κ3) is 2.11. The van der Waals surface area contributed by atoms with Crippen LogP contribution in [0.3, 0.4) is 0 Å². The average Bonchev–Trinajstić information content (AvgIpc) is 2.69. The summed E-state index contributed by atoms with van der Waals surface area (Å²) in [5.41, 5.74) is 1.14. The van der Waals surface area contributed by atoms with E-state index in [1.54, 1.807) is 0 Å². The first kappa shape index (κ1) is 11.9. The minimum absolute atomic E-state index is 0.0172. The fourth-order valence-corrected chi connectivity index (χ4v) is 2.48. The summed E-state index contributed by atoms with van der Waals surface area (Å²) in [7, 11) is 0. The van der Waals surface area contributed by atoms with Crippen LogP contribution in [0.15, 0.2) is 24.3 Å². The number of carbonyl (C=O) groups excluding carboxylic acids is 1. The van der Waals surface area contributed by atoms with Crippen LogP contribution in [0.2, 0.25) is 0 Å². The van der Waals surface area contributed by atoms with Gasteiger partial charge in [0.15, 0.2) is 0 Å². The predicted octanol–water partition coefficient (Wildman–Crippen LogP) is 2.52. The van der Waals surface area contributed by atoms with Gasteiger partial charge in [0.05, 0.1) is 10.4 Å². The molecular weight excluding hydrogens is 253 g/mol. The van der Waals surface area contributed by atoms with E-state index < -0.39 is 17.6 Å². The Kier molecular flexibility index (Phi) is 2.80. The van der Waals surface area contributed by atoms with Crippen molar-refractivity contribution in [2.45, 2.75) is 6.18 Å². The van der Waals surface area contributed by atoms with E-state index in [4.69, 9.17) is 5.84 Å². The Morgan fingerprint density at radius 3 is 2.65 bits per heavy atom. The molecule has 0 saturated carbocycles. The molecule has 1 amide bonds. The van der Waals surface area contributed by atoms with Crippen LogP contribution in [0.5, 0.6) is 0 Å². The summed E-state index contributed by atoms with van der Waals surface area (Å²) in [6.45, 7) is 0. The number of thiophene rings is 1. The highest BCUT2D eigenvalue weighted by atomic mass is 32.1. The van der Waals surface area contributed by atoms with E-state index in [1.807, 2.05) is 5.43 Å². The molecule has 2 aromatic rings. The van der Waals surface area contributed by atoms with Crippen molar-refractivity contribution in [1.29, 1.82) is 0 Å². The Balaban J connectivity index is 2.65. The van der Waals surface area contributed by atoms with Gasteiger partial charge in [0.1, 0.15) is 0 Å². The van der Waals surface area contributed by atoms with Crippen LogP contribution < -0.4 is 11.3 Å². The zero-order valence-corrected chi connectivity index (χ0v) is 9.15. The monoisotopic (exact) mass is 260 g/mol. The van der Waals surface area contributed by atoms with Gasteiger partial charge in [-0.05, 0) is 18.2 Å². The van der Waals surface area contributed by atoms with Gasteiger partial charge >= 0.3 is 6.18 Å². The number of benzene rings is 1. The largest absolute Gasteiger partial charge is 0.417 e. The van der Waals surface area contributed by atoms with Crippen molar-refractivity contribution in [1.82, 2.24) is 5.43 Å². The molecule has 0 radical (unpaired) electrons. The fourth-order valence-electron chi connectivity index (χ4n) is 1.49. The van der Waals surface area contributed by atoms with Gasteiger partial charge in [0.2, 0.25) is 0 Å². The lowest BCUT2D eigenvalue weighted by atomic mass is 10.1. The standard InChI is InChI=1S/C10H7F3N2OS/c11-10(12,13)6-2-1-3-7-5(6)4-8(17-7)9(16)15-14/h1-4H,14H2,(H,15,16). The van der Waals surface area contributed by atoms with E-state index in [0.717, 1.165) is 17.4 Å². The minimum Gasteiger partial charge on any atom is -0.289 e. The predicted molar refractivity (Wildman–Crippen MR) is 58.5 cm³/mol. The number of hydrogen-bond donors (Lipinski definition) is 2. The van der Waals surface area contributed by atoms with E-state index >= 15 is 0 Å². The van der Waals surface area contributed by atoms with Gasteiger partial charge in [-0.1, -0.05) is 6.07 Å². The zero-order chi connectivity index (χ0) is 12.6. The number of alkyl halides is 3. The van der Waals surface area contributed by atoms with Crippen molar-refractivity contribution in [3.63, 3.8) is 0 Å².